The van der Waals surface area contributed by atoms with Gasteiger partial charge in [0.2, 0.25) is 5.78 Å². The van der Waals surface area contributed by atoms with Gasteiger partial charge in [-0.15, -0.1) is 5.10 Å². The predicted molar refractivity (Wildman–Crippen MR) is 141 cm³/mol. The Morgan fingerprint density at radius 3 is 2.38 bits per heavy atom. The summed E-state index contributed by atoms with van der Waals surface area (Å²) in [5.74, 6) is -4.00. The van der Waals surface area contributed by atoms with E-state index in [1.807, 2.05) is 30.3 Å². The molecular formula is C27H37N5O7. The van der Waals surface area contributed by atoms with Crippen LogP contribution in [0.25, 0.3) is 0 Å². The number of nitrogens with zero attached hydrogens (tertiary/aromatic N) is 4. The first-order valence-electron chi connectivity index (χ1n) is 13.1. The molecule has 1 fully saturated rings. The Bertz CT molecular complexity index is 1240. The average Bonchev–Trinajstić information content (AvgIpc) is 3.53. The zero-order valence-corrected chi connectivity index (χ0v) is 23.0. The summed E-state index contributed by atoms with van der Waals surface area (Å²) < 4.78 is 11.1. The minimum absolute atomic E-state index is 0.225. The highest BCUT2D eigenvalue weighted by molar-refractivity contribution is 6.12. The average molecular weight is 544 g/mol. The number of amides is 3. The van der Waals surface area contributed by atoms with Crippen molar-refractivity contribution in [2.24, 2.45) is 17.6 Å². The van der Waals surface area contributed by atoms with Crippen molar-refractivity contribution in [1.29, 1.82) is 0 Å². The van der Waals surface area contributed by atoms with Crippen LogP contribution in [-0.2, 0) is 27.3 Å². The molecule has 1 aliphatic rings. The lowest BCUT2D eigenvalue weighted by Crippen LogP contribution is -2.58. The Balaban J connectivity index is 1.86. The Morgan fingerprint density at radius 1 is 1.13 bits per heavy atom. The Labute approximate surface area is 227 Å². The van der Waals surface area contributed by atoms with Crippen LogP contribution in [0.15, 0.2) is 39.5 Å². The van der Waals surface area contributed by atoms with Crippen LogP contribution < -0.4 is 11.5 Å². The van der Waals surface area contributed by atoms with E-state index < -0.39 is 47.6 Å². The predicted octanol–water partition coefficient (Wildman–Crippen LogP) is 1.86. The summed E-state index contributed by atoms with van der Waals surface area (Å²) >= 11 is 0. The van der Waals surface area contributed by atoms with Gasteiger partial charge in [-0.05, 0) is 43.2 Å². The highest BCUT2D eigenvalue weighted by Gasteiger charge is 2.46. The monoisotopic (exact) mass is 543 g/mol. The third-order valence-electron chi connectivity index (χ3n) is 6.91. The van der Waals surface area contributed by atoms with Crippen LogP contribution in [0.5, 0.6) is 0 Å². The third kappa shape index (κ3) is 6.69. The summed E-state index contributed by atoms with van der Waals surface area (Å²) in [6.45, 7) is 7.57. The summed E-state index contributed by atoms with van der Waals surface area (Å²) in [7, 11) is 1.07. The minimum Gasteiger partial charge on any atom is -0.452 e. The molecule has 3 atom stereocenters. The molecule has 39 heavy (non-hydrogen) atoms. The largest absolute Gasteiger partial charge is 0.452 e. The number of methoxy groups -OCH3 is 1. The Morgan fingerprint density at radius 2 is 1.79 bits per heavy atom. The van der Waals surface area contributed by atoms with Crippen molar-refractivity contribution in [2.45, 2.75) is 71.6 Å². The van der Waals surface area contributed by atoms with Gasteiger partial charge in [-0.3, -0.25) is 19.3 Å². The molecule has 1 saturated heterocycles. The second-order valence-electron chi connectivity index (χ2n) is 10.3. The fourth-order valence-electron chi connectivity index (χ4n) is 4.74. The van der Waals surface area contributed by atoms with Gasteiger partial charge in [-0.1, -0.05) is 58.0 Å². The smallest absolute Gasteiger partial charge is 0.437 e. The van der Waals surface area contributed by atoms with Crippen LogP contribution >= 0.6 is 0 Å². The maximum atomic E-state index is 13.6. The van der Waals surface area contributed by atoms with Gasteiger partial charge in [-0.2, -0.15) is 9.58 Å². The molecule has 1 aromatic carbocycles. The lowest BCUT2D eigenvalue weighted by Gasteiger charge is -2.35. The number of rotatable bonds is 10. The maximum absolute atomic E-state index is 13.6. The van der Waals surface area contributed by atoms with Gasteiger partial charge in [0.25, 0.3) is 17.7 Å². The first-order chi connectivity index (χ1) is 18.5. The molecular weight excluding hydrogens is 506 g/mol. The number of carbonyl (C=O) groups excluding carboxylic acids is 4. The molecule has 0 radical (unpaired) electrons. The SMILES string of the molecule is COC(=O)N(C(=O)[C@@H](N)C(C)C)C(=O)[C@@H]1CCCN1[C@H](C(=O)c1nn(CCc2ccccc2)c(=O)o1)C(C)C. The van der Waals surface area contributed by atoms with Crippen LogP contribution in [-0.4, -0.2) is 75.1 Å². The highest BCUT2D eigenvalue weighted by Crippen LogP contribution is 2.28. The molecule has 1 aromatic heterocycles. The molecule has 12 heteroatoms. The van der Waals surface area contributed by atoms with E-state index in [0.29, 0.717) is 30.7 Å². The lowest BCUT2D eigenvalue weighted by atomic mass is 9.96. The molecule has 2 N–H and O–H groups in total. The zero-order valence-electron chi connectivity index (χ0n) is 23.0. The fourth-order valence-corrected chi connectivity index (χ4v) is 4.74. The molecule has 1 aliphatic heterocycles. The third-order valence-corrected chi connectivity index (χ3v) is 6.91. The van der Waals surface area contributed by atoms with Gasteiger partial charge < -0.3 is 14.9 Å². The number of ketones is 1. The summed E-state index contributed by atoms with van der Waals surface area (Å²) in [4.78, 5) is 67.2. The molecule has 3 amide bonds. The second-order valence-corrected chi connectivity index (χ2v) is 10.3. The quantitative estimate of drug-likeness (QED) is 0.438. The van der Waals surface area contributed by atoms with Crippen molar-refractivity contribution in [3.05, 3.63) is 52.3 Å². The maximum Gasteiger partial charge on any atom is 0.437 e. The number of aryl methyl sites for hydroxylation is 2. The highest BCUT2D eigenvalue weighted by atomic mass is 16.5. The number of hydrogen-bond acceptors (Lipinski definition) is 10. The number of aromatic nitrogens is 2. The van der Waals surface area contributed by atoms with Gasteiger partial charge in [0.05, 0.1) is 31.8 Å². The van der Waals surface area contributed by atoms with Crippen LogP contribution in [0, 0.1) is 11.8 Å². The van der Waals surface area contributed by atoms with Gasteiger partial charge in [0.1, 0.15) is 0 Å². The molecule has 12 nitrogen and oxygen atoms in total. The number of imide groups is 3. The minimum atomic E-state index is -1.14. The van der Waals surface area contributed by atoms with Crippen molar-refractivity contribution >= 4 is 23.7 Å². The van der Waals surface area contributed by atoms with Crippen LogP contribution in [0.4, 0.5) is 4.79 Å². The number of Topliss-reactive ketones (excluding diaryl/α,β-unsaturated/α-hetero) is 1. The molecule has 0 spiro atoms. The molecule has 0 unspecified atom stereocenters. The number of benzene rings is 1. The molecule has 2 heterocycles. The fraction of sp³-hybridized carbons (Fsp3) is 0.556. The Kier molecular flexibility index (Phi) is 9.92. The van der Waals surface area contributed by atoms with Gasteiger partial charge in [0, 0.05) is 0 Å². The lowest BCUT2D eigenvalue weighted by molar-refractivity contribution is -0.146. The number of hydrogen-bond donors (Lipinski definition) is 1. The first kappa shape index (κ1) is 29.9. The summed E-state index contributed by atoms with van der Waals surface area (Å²) in [6.07, 6.45) is 0.237. The van der Waals surface area contributed by atoms with E-state index in [1.165, 1.54) is 0 Å². The molecule has 3 rings (SSSR count). The van der Waals surface area contributed by atoms with E-state index in [4.69, 9.17) is 14.9 Å². The van der Waals surface area contributed by atoms with E-state index in [1.54, 1.807) is 32.6 Å². The topological polar surface area (TPSA) is 158 Å². The van der Waals surface area contributed by atoms with Crippen molar-refractivity contribution < 1.29 is 28.3 Å². The van der Waals surface area contributed by atoms with E-state index in [-0.39, 0.29) is 24.3 Å². The summed E-state index contributed by atoms with van der Waals surface area (Å²) in [6, 6.07) is 6.57. The first-order valence-corrected chi connectivity index (χ1v) is 13.1. The summed E-state index contributed by atoms with van der Waals surface area (Å²) in [5, 5.41) is 4.14. The molecule has 212 valence electrons. The number of ether oxygens (including phenoxy) is 1. The molecule has 0 bridgehead atoms. The molecule has 0 aliphatic carbocycles. The number of carbonyl (C=O) groups is 4. The van der Waals surface area contributed by atoms with E-state index in [2.05, 4.69) is 5.10 Å². The zero-order chi connectivity index (χ0) is 28.9. The van der Waals surface area contributed by atoms with Gasteiger partial charge in [-0.25, -0.2) is 9.59 Å². The Hall–Kier alpha value is -3.64. The van der Waals surface area contributed by atoms with Crippen LogP contribution in [0.2, 0.25) is 0 Å². The number of nitrogens with two attached hydrogens (primary N) is 1. The summed E-state index contributed by atoms with van der Waals surface area (Å²) in [5.41, 5.74) is 6.96. The van der Waals surface area contributed by atoms with Crippen molar-refractivity contribution in [1.82, 2.24) is 19.6 Å². The van der Waals surface area contributed by atoms with E-state index >= 15 is 0 Å². The standard InChI is InChI=1S/C27H37N5O7/c1-16(2)20(28)25(35)32(27(37)38-5)24(34)19-12-9-14-30(19)21(17(3)4)22(33)23-29-31(26(36)39-23)15-13-18-10-7-6-8-11-18/h6-8,10-11,16-17,19-21H,9,12-15,28H2,1-5H3/t19-,20-,21-/m0/s1. The van der Waals surface area contributed by atoms with Crippen molar-refractivity contribution in [3.8, 4) is 0 Å². The van der Waals surface area contributed by atoms with Crippen molar-refractivity contribution in [3.63, 3.8) is 0 Å². The van der Waals surface area contributed by atoms with Gasteiger partial charge >= 0.3 is 11.8 Å². The van der Waals surface area contributed by atoms with Crippen molar-refractivity contribution in [2.75, 3.05) is 13.7 Å². The van der Waals surface area contributed by atoms with E-state index in [0.717, 1.165) is 17.4 Å². The molecule has 0 saturated carbocycles. The molecule has 2 aromatic rings. The van der Waals surface area contributed by atoms with Crippen LogP contribution in [0.1, 0.15) is 56.8 Å². The normalized spacial score (nSPS) is 17.3. The van der Waals surface area contributed by atoms with Crippen LogP contribution in [0.3, 0.4) is 0 Å². The van der Waals surface area contributed by atoms with Gasteiger partial charge in [0.15, 0.2) is 0 Å². The van der Waals surface area contributed by atoms with E-state index in [9.17, 15) is 24.0 Å². The number of likely N-dealkylation sites (tertiary alicyclic amines) is 1. The second kappa shape index (κ2) is 12.9.